The van der Waals surface area contributed by atoms with Gasteiger partial charge in [-0.3, -0.25) is 9.59 Å². The molecule has 3 rings (SSSR count). The summed E-state index contributed by atoms with van der Waals surface area (Å²) in [4.78, 5) is 24.4. The minimum atomic E-state index is -3.53. The van der Waals surface area contributed by atoms with Crippen molar-refractivity contribution in [1.29, 1.82) is 0 Å². The fourth-order valence-electron chi connectivity index (χ4n) is 3.75. The van der Waals surface area contributed by atoms with Gasteiger partial charge in [0.2, 0.25) is 10.0 Å². The lowest BCUT2D eigenvalue weighted by Gasteiger charge is -2.22. The molecule has 32 heavy (non-hydrogen) atoms. The van der Waals surface area contributed by atoms with Crippen LogP contribution in [-0.4, -0.2) is 32.8 Å². The van der Waals surface area contributed by atoms with E-state index < -0.39 is 21.8 Å². The minimum Gasteiger partial charge on any atom is -0.347 e. The van der Waals surface area contributed by atoms with Crippen LogP contribution in [-0.2, 0) is 26.0 Å². The van der Waals surface area contributed by atoms with Gasteiger partial charge >= 0.3 is 11.8 Å². The van der Waals surface area contributed by atoms with E-state index in [1.54, 1.807) is 30.3 Å². The van der Waals surface area contributed by atoms with E-state index in [1.807, 2.05) is 26.0 Å². The van der Waals surface area contributed by atoms with Crippen LogP contribution in [0.5, 0.6) is 0 Å². The molecule has 0 heterocycles. The highest BCUT2D eigenvalue weighted by Crippen LogP contribution is 2.20. The predicted octanol–water partition coefficient (Wildman–Crippen LogP) is 3.21. The van der Waals surface area contributed by atoms with Gasteiger partial charge in [-0.05, 0) is 74.1 Å². The van der Waals surface area contributed by atoms with Crippen LogP contribution in [0.4, 0.5) is 5.69 Å². The summed E-state index contributed by atoms with van der Waals surface area (Å²) in [6.07, 6.45) is 5.53. The molecule has 0 atom stereocenters. The van der Waals surface area contributed by atoms with E-state index in [1.165, 1.54) is 0 Å². The summed E-state index contributed by atoms with van der Waals surface area (Å²) in [5, 5.41) is 5.19. The molecule has 0 aromatic heterocycles. The van der Waals surface area contributed by atoms with Crippen LogP contribution in [0, 0.1) is 13.8 Å². The van der Waals surface area contributed by atoms with E-state index in [9.17, 15) is 18.0 Å². The summed E-state index contributed by atoms with van der Waals surface area (Å²) < 4.78 is 27.9. The Labute approximate surface area is 190 Å². The Balaban J connectivity index is 1.46. The maximum absolute atomic E-state index is 12.6. The van der Waals surface area contributed by atoms with Gasteiger partial charge in [0.05, 0.1) is 4.90 Å². The maximum Gasteiger partial charge on any atom is 0.313 e. The van der Waals surface area contributed by atoms with Gasteiger partial charge in [-0.25, -0.2) is 13.1 Å². The van der Waals surface area contributed by atoms with E-state index in [4.69, 9.17) is 0 Å². The second-order valence-corrected chi connectivity index (χ2v) is 10.1. The smallest absolute Gasteiger partial charge is 0.313 e. The highest BCUT2D eigenvalue weighted by molar-refractivity contribution is 7.89. The van der Waals surface area contributed by atoms with Gasteiger partial charge < -0.3 is 10.6 Å². The summed E-state index contributed by atoms with van der Waals surface area (Å²) in [5.41, 5.74) is 3.59. The minimum absolute atomic E-state index is 0.0126. The number of sulfonamides is 1. The van der Waals surface area contributed by atoms with Crippen molar-refractivity contribution < 1.29 is 18.0 Å². The number of hydrogen-bond donors (Lipinski definition) is 3. The molecule has 2 amide bonds. The number of nitrogens with one attached hydrogen (secondary N) is 3. The Hall–Kier alpha value is -2.71. The van der Waals surface area contributed by atoms with Crippen LogP contribution in [0.1, 0.15) is 48.8 Å². The average molecular weight is 458 g/mol. The van der Waals surface area contributed by atoms with Crippen LogP contribution in [0.15, 0.2) is 47.4 Å². The molecule has 1 fully saturated rings. The summed E-state index contributed by atoms with van der Waals surface area (Å²) >= 11 is 0. The lowest BCUT2D eigenvalue weighted by molar-refractivity contribution is -0.136. The van der Waals surface area contributed by atoms with Crippen molar-refractivity contribution in [3.05, 3.63) is 59.2 Å². The highest BCUT2D eigenvalue weighted by atomic mass is 32.2. The molecule has 8 heteroatoms. The van der Waals surface area contributed by atoms with Crippen LogP contribution in [0.2, 0.25) is 0 Å². The molecule has 7 nitrogen and oxygen atoms in total. The van der Waals surface area contributed by atoms with Crippen molar-refractivity contribution in [3.63, 3.8) is 0 Å². The Bertz CT molecular complexity index is 1060. The van der Waals surface area contributed by atoms with Crippen molar-refractivity contribution >= 4 is 27.5 Å². The molecular formula is C24H31N3O4S. The van der Waals surface area contributed by atoms with E-state index in [2.05, 4.69) is 15.4 Å². The number of hydrogen-bond acceptors (Lipinski definition) is 4. The van der Waals surface area contributed by atoms with Crippen molar-refractivity contribution in [2.24, 2.45) is 0 Å². The summed E-state index contributed by atoms with van der Waals surface area (Å²) in [6.45, 7) is 4.18. The molecule has 172 valence electrons. The van der Waals surface area contributed by atoms with Gasteiger partial charge in [0, 0.05) is 18.3 Å². The maximum atomic E-state index is 12.6. The third kappa shape index (κ3) is 6.64. The zero-order chi connectivity index (χ0) is 23.1. The third-order valence-corrected chi connectivity index (χ3v) is 7.37. The van der Waals surface area contributed by atoms with Gasteiger partial charge in [-0.15, -0.1) is 0 Å². The normalized spacial score (nSPS) is 14.7. The van der Waals surface area contributed by atoms with E-state index >= 15 is 0 Å². The van der Waals surface area contributed by atoms with Crippen molar-refractivity contribution in [2.45, 2.75) is 63.3 Å². The first-order valence-corrected chi connectivity index (χ1v) is 12.5. The average Bonchev–Trinajstić information content (AvgIpc) is 2.77. The van der Waals surface area contributed by atoms with Gasteiger partial charge in [0.25, 0.3) is 0 Å². The van der Waals surface area contributed by atoms with E-state index in [0.29, 0.717) is 12.1 Å². The summed E-state index contributed by atoms with van der Waals surface area (Å²) in [7, 11) is -3.53. The lowest BCUT2D eigenvalue weighted by atomic mass is 9.96. The summed E-state index contributed by atoms with van der Waals surface area (Å²) in [5.74, 6) is -1.43. The van der Waals surface area contributed by atoms with E-state index in [0.717, 1.165) is 48.8 Å². The molecule has 0 bridgehead atoms. The highest BCUT2D eigenvalue weighted by Gasteiger charge is 2.21. The van der Waals surface area contributed by atoms with Gasteiger partial charge in [-0.2, -0.15) is 0 Å². The first-order valence-electron chi connectivity index (χ1n) is 11.0. The molecule has 1 saturated carbocycles. The van der Waals surface area contributed by atoms with Crippen LogP contribution < -0.4 is 15.4 Å². The van der Waals surface area contributed by atoms with Crippen molar-refractivity contribution in [1.82, 2.24) is 10.0 Å². The molecule has 0 unspecified atom stereocenters. The number of anilines is 1. The standard InChI is InChI=1S/C24H31N3O4S/c1-17-8-11-21(16-18(17)2)26-24(29)23(28)25-15-14-19-9-12-22(13-10-19)32(30,31)27-20-6-4-3-5-7-20/h8-13,16,20,27H,3-7,14-15H2,1-2H3,(H,25,28)(H,26,29). The number of carbonyl (C=O) groups excluding carboxylic acids is 2. The Morgan fingerprint density at radius 1 is 0.906 bits per heavy atom. The summed E-state index contributed by atoms with van der Waals surface area (Å²) in [6, 6.07) is 12.1. The fraction of sp³-hybridized carbons (Fsp3) is 0.417. The van der Waals surface area contributed by atoms with Crippen LogP contribution in [0.3, 0.4) is 0 Å². The molecule has 2 aromatic rings. The quantitative estimate of drug-likeness (QED) is 0.555. The molecule has 0 spiro atoms. The number of aryl methyl sites for hydroxylation is 2. The van der Waals surface area contributed by atoms with Gasteiger partial charge in [0.1, 0.15) is 0 Å². The van der Waals surface area contributed by atoms with Crippen molar-refractivity contribution in [3.8, 4) is 0 Å². The third-order valence-electron chi connectivity index (χ3n) is 5.83. The molecule has 2 aromatic carbocycles. The van der Waals surface area contributed by atoms with Crippen LogP contribution >= 0.6 is 0 Å². The first-order chi connectivity index (χ1) is 15.2. The van der Waals surface area contributed by atoms with Gasteiger partial charge in [0.15, 0.2) is 0 Å². The number of rotatable bonds is 7. The number of benzene rings is 2. The van der Waals surface area contributed by atoms with Gasteiger partial charge in [-0.1, -0.05) is 37.5 Å². The number of carbonyl (C=O) groups is 2. The molecule has 3 N–H and O–H groups in total. The molecule has 0 saturated heterocycles. The van der Waals surface area contributed by atoms with Crippen LogP contribution in [0.25, 0.3) is 0 Å². The largest absolute Gasteiger partial charge is 0.347 e. The molecule has 1 aliphatic carbocycles. The SMILES string of the molecule is Cc1ccc(NC(=O)C(=O)NCCc2ccc(S(=O)(=O)NC3CCCCC3)cc2)cc1C. The second-order valence-electron chi connectivity index (χ2n) is 8.36. The monoisotopic (exact) mass is 457 g/mol. The second kappa shape index (κ2) is 10.7. The zero-order valence-corrected chi connectivity index (χ0v) is 19.4. The Morgan fingerprint density at radius 2 is 1.59 bits per heavy atom. The number of amides is 2. The first kappa shape index (κ1) is 23.9. The predicted molar refractivity (Wildman–Crippen MR) is 125 cm³/mol. The Morgan fingerprint density at radius 3 is 2.25 bits per heavy atom. The van der Waals surface area contributed by atoms with Crippen molar-refractivity contribution in [2.75, 3.05) is 11.9 Å². The molecule has 0 radical (unpaired) electrons. The molecule has 0 aliphatic heterocycles. The zero-order valence-electron chi connectivity index (χ0n) is 18.6. The van der Waals surface area contributed by atoms with E-state index in [-0.39, 0.29) is 17.5 Å². The Kier molecular flexibility index (Phi) is 8.04. The molecule has 1 aliphatic rings. The topological polar surface area (TPSA) is 104 Å². The lowest BCUT2D eigenvalue weighted by Crippen LogP contribution is -2.36. The molecular weight excluding hydrogens is 426 g/mol. The fourth-order valence-corrected chi connectivity index (χ4v) is 5.06.